The Bertz CT molecular complexity index is 452. The van der Waals surface area contributed by atoms with Crippen LogP contribution in [0.2, 0.25) is 0 Å². The first-order valence-electron chi connectivity index (χ1n) is 4.36. The average molecular weight is 286 g/mol. The van der Waals surface area contributed by atoms with Gasteiger partial charge in [0, 0.05) is 0 Å². The Morgan fingerprint density at radius 3 is 1.88 bits per heavy atom. The molecule has 0 fully saturated rings. The van der Waals surface area contributed by atoms with Gasteiger partial charge in [0.15, 0.2) is 0 Å². The fraction of sp³-hybridized carbons (Fsp3) is 0.750. The van der Waals surface area contributed by atoms with Crippen LogP contribution in [0, 0.1) is 11.8 Å². The maximum atomic E-state index is 10.5. The van der Waals surface area contributed by atoms with Crippen molar-refractivity contribution < 1.29 is 30.1 Å². The Labute approximate surface area is 103 Å². The lowest BCUT2D eigenvalue weighted by Gasteiger charge is -2.18. The lowest BCUT2D eigenvalue weighted by atomic mass is 10.1. The largest absolute Gasteiger partial charge is 0.398 e. The molecule has 0 radical (unpaired) electrons. The van der Waals surface area contributed by atoms with E-state index in [1.54, 1.807) is 0 Å². The molecule has 7 nitrogen and oxygen atoms in total. The number of hydrogen-bond acceptors (Lipinski definition) is 5. The second-order valence-corrected chi connectivity index (χ2v) is 5.71. The Morgan fingerprint density at radius 2 is 1.53 bits per heavy atom. The summed E-state index contributed by atoms with van der Waals surface area (Å²) < 4.78 is 57.3. The molecular weight excluding hydrogens is 272 g/mol. The van der Waals surface area contributed by atoms with Crippen LogP contribution in [0.5, 0.6) is 0 Å². The van der Waals surface area contributed by atoms with Gasteiger partial charge in [0.05, 0.1) is 0 Å². The van der Waals surface area contributed by atoms with Crippen molar-refractivity contribution in [2.24, 2.45) is 0 Å². The molecule has 100 valence electrons. The molecule has 0 heterocycles. The minimum Gasteiger partial charge on any atom is -0.284 e. The van der Waals surface area contributed by atoms with Gasteiger partial charge in [0.25, 0.3) is 0 Å². The van der Waals surface area contributed by atoms with E-state index in [1.807, 2.05) is 0 Å². The molecule has 0 saturated carbocycles. The fourth-order valence-corrected chi connectivity index (χ4v) is 1.75. The van der Waals surface area contributed by atoms with Crippen molar-refractivity contribution in [3.05, 3.63) is 0 Å². The second-order valence-electron chi connectivity index (χ2n) is 4.08. The normalized spacial score (nSPS) is 14.9. The van der Waals surface area contributed by atoms with E-state index in [0.29, 0.717) is 0 Å². The molecule has 0 rings (SSSR count). The second kappa shape index (κ2) is 5.43. The van der Waals surface area contributed by atoms with E-state index in [1.165, 1.54) is 27.7 Å². The molecule has 1 atom stereocenters. The molecular formula is C8H14O7S2. The van der Waals surface area contributed by atoms with E-state index in [4.69, 9.17) is 9.11 Å². The molecule has 0 bridgehead atoms. The highest BCUT2D eigenvalue weighted by molar-refractivity contribution is 7.80. The van der Waals surface area contributed by atoms with E-state index in [9.17, 15) is 12.6 Å². The van der Waals surface area contributed by atoms with E-state index < -0.39 is 33.0 Å². The van der Waals surface area contributed by atoms with Gasteiger partial charge in [-0.1, -0.05) is 11.8 Å². The van der Waals surface area contributed by atoms with Crippen LogP contribution < -0.4 is 0 Å². The Balaban J connectivity index is 4.89. The van der Waals surface area contributed by atoms with Crippen LogP contribution in [-0.2, 0) is 30.1 Å². The van der Waals surface area contributed by atoms with Crippen molar-refractivity contribution in [3.63, 3.8) is 0 Å². The van der Waals surface area contributed by atoms with Crippen molar-refractivity contribution in [2.45, 2.75) is 38.9 Å². The van der Waals surface area contributed by atoms with Gasteiger partial charge >= 0.3 is 21.8 Å². The van der Waals surface area contributed by atoms with Crippen LogP contribution in [-0.4, -0.2) is 32.9 Å². The molecule has 0 aromatic heterocycles. The quantitative estimate of drug-likeness (QED) is 0.440. The maximum absolute atomic E-state index is 10.5. The monoisotopic (exact) mass is 286 g/mol. The molecule has 17 heavy (non-hydrogen) atoms. The van der Waals surface area contributed by atoms with Gasteiger partial charge in [-0.15, -0.1) is 0 Å². The molecule has 0 amide bonds. The molecule has 0 aliphatic carbocycles. The molecule has 2 N–H and O–H groups in total. The third kappa shape index (κ3) is 9.22. The maximum Gasteiger partial charge on any atom is 0.398 e. The van der Waals surface area contributed by atoms with Crippen LogP contribution in [0.25, 0.3) is 0 Å². The predicted molar refractivity (Wildman–Crippen MR) is 60.4 cm³/mol. The van der Waals surface area contributed by atoms with Gasteiger partial charge in [-0.05, 0) is 27.7 Å². The molecule has 1 unspecified atom stereocenters. The van der Waals surface area contributed by atoms with Crippen LogP contribution in [0.4, 0.5) is 0 Å². The molecule has 0 spiro atoms. The van der Waals surface area contributed by atoms with Crippen molar-refractivity contribution >= 4 is 21.8 Å². The number of rotatable bonds is 4. The molecule has 0 aromatic carbocycles. The molecule has 0 aliphatic heterocycles. The van der Waals surface area contributed by atoms with E-state index in [-0.39, 0.29) is 0 Å². The van der Waals surface area contributed by atoms with Gasteiger partial charge < -0.3 is 0 Å². The minimum absolute atomic E-state index is 1.26. The van der Waals surface area contributed by atoms with Crippen molar-refractivity contribution in [3.8, 4) is 11.8 Å². The molecule has 0 aliphatic rings. The van der Waals surface area contributed by atoms with Crippen LogP contribution in [0.15, 0.2) is 0 Å². The first kappa shape index (κ1) is 16.5. The Hall–Kier alpha value is -0.500. The highest BCUT2D eigenvalue weighted by Crippen LogP contribution is 2.14. The van der Waals surface area contributed by atoms with Gasteiger partial charge in [0.2, 0.25) is 0 Å². The Morgan fingerprint density at radius 1 is 1.12 bits per heavy atom. The number of hydrogen-bond donors (Lipinski definition) is 2. The highest BCUT2D eigenvalue weighted by Gasteiger charge is 2.25. The zero-order valence-corrected chi connectivity index (χ0v) is 11.4. The van der Waals surface area contributed by atoms with Gasteiger partial charge in [0.1, 0.15) is 11.2 Å². The fourth-order valence-electron chi connectivity index (χ4n) is 0.784. The van der Waals surface area contributed by atoms with Crippen LogP contribution >= 0.6 is 0 Å². The summed E-state index contributed by atoms with van der Waals surface area (Å²) in [6, 6.07) is 0. The highest BCUT2D eigenvalue weighted by atomic mass is 32.3. The predicted octanol–water partition coefficient (Wildman–Crippen LogP) is 0.520. The topological polar surface area (TPSA) is 110 Å². The molecule has 0 saturated heterocycles. The summed E-state index contributed by atoms with van der Waals surface area (Å²) in [7, 11) is -4.63. The summed E-state index contributed by atoms with van der Waals surface area (Å²) >= 11 is -2.49. The summed E-state index contributed by atoms with van der Waals surface area (Å²) in [5, 5.41) is 0. The van der Waals surface area contributed by atoms with E-state index in [2.05, 4.69) is 20.2 Å². The summed E-state index contributed by atoms with van der Waals surface area (Å²) in [4.78, 5) is 0. The third-order valence-corrected chi connectivity index (χ3v) is 2.44. The summed E-state index contributed by atoms with van der Waals surface area (Å²) in [6.45, 7) is 5.44. The van der Waals surface area contributed by atoms with Crippen LogP contribution in [0.1, 0.15) is 27.7 Å². The van der Waals surface area contributed by atoms with Crippen LogP contribution in [0.3, 0.4) is 0 Å². The first-order valence-corrected chi connectivity index (χ1v) is 6.75. The first-order chi connectivity index (χ1) is 7.33. The average Bonchev–Trinajstić information content (AvgIpc) is 1.94. The lowest BCUT2D eigenvalue weighted by Crippen LogP contribution is -2.28. The van der Waals surface area contributed by atoms with Gasteiger partial charge in [-0.3, -0.25) is 9.11 Å². The SMILES string of the molecule is CC(C)(C#CC(C)(C)OS(=O)(=O)O)OS(=O)O. The lowest BCUT2D eigenvalue weighted by molar-refractivity contribution is 0.150. The van der Waals surface area contributed by atoms with Crippen molar-refractivity contribution in [1.82, 2.24) is 0 Å². The van der Waals surface area contributed by atoms with Crippen molar-refractivity contribution in [1.29, 1.82) is 0 Å². The summed E-state index contributed by atoms with van der Waals surface area (Å²) in [5.74, 6) is 4.81. The zero-order valence-electron chi connectivity index (χ0n) is 9.75. The van der Waals surface area contributed by atoms with Gasteiger partial charge in [-0.25, -0.2) is 8.37 Å². The minimum atomic E-state index is -4.63. The molecule has 0 aromatic rings. The van der Waals surface area contributed by atoms with E-state index >= 15 is 0 Å². The smallest absolute Gasteiger partial charge is 0.284 e. The Kier molecular flexibility index (Phi) is 5.27. The van der Waals surface area contributed by atoms with Gasteiger partial charge in [-0.2, -0.15) is 12.6 Å². The standard InChI is InChI=1S/C8H14O7S2/c1-7(2,14-16(9)10)5-6-8(3,4)15-17(11,12)13/h1-4H3,(H,9,10)(H,11,12,13). The van der Waals surface area contributed by atoms with E-state index in [0.717, 1.165) is 0 Å². The third-order valence-electron chi connectivity index (χ3n) is 1.26. The molecule has 9 heteroatoms. The summed E-state index contributed by atoms with van der Waals surface area (Å²) in [6.07, 6.45) is 0. The van der Waals surface area contributed by atoms with Crippen molar-refractivity contribution in [2.75, 3.05) is 0 Å². The summed E-state index contributed by atoms with van der Waals surface area (Å²) in [5.41, 5.74) is -2.75. The zero-order chi connectivity index (χ0) is 13.9.